The fourth-order valence-corrected chi connectivity index (χ4v) is 5.49. The van der Waals surface area contributed by atoms with Crippen molar-refractivity contribution in [1.29, 1.82) is 5.26 Å². The maximum Gasteiger partial charge on any atom is 0.422 e. The number of halogens is 3. The lowest BCUT2D eigenvalue weighted by molar-refractivity contribution is -0.153. The standard InChI is InChI=1S/C33H38F3N3O4/c1-24(38-13-17-42-30-10-5-6-11-31(30)43-23-33(34,35)36)18-25-19-27-12-15-39(32(27)28(20-25)21-37)14-7-16-41-22-29(40)26-8-3-2-4-9-26/h2-6,8-11,19-20,24,28,32,38H,7,12-18,22-23H2,1H3/t24-,28?,32?/m1/s1. The molecule has 1 heterocycles. The minimum absolute atomic E-state index is 0.0301. The van der Waals surface area contributed by atoms with E-state index in [1.807, 2.05) is 18.2 Å². The van der Waals surface area contributed by atoms with Gasteiger partial charge in [-0.05, 0) is 49.5 Å². The highest BCUT2D eigenvalue weighted by Crippen LogP contribution is 2.36. The second-order valence-electron chi connectivity index (χ2n) is 10.8. The van der Waals surface area contributed by atoms with Gasteiger partial charge in [0.15, 0.2) is 23.9 Å². The maximum atomic E-state index is 12.5. The van der Waals surface area contributed by atoms with E-state index in [0.717, 1.165) is 37.9 Å². The van der Waals surface area contributed by atoms with Crippen LogP contribution in [-0.2, 0) is 4.74 Å². The van der Waals surface area contributed by atoms with E-state index < -0.39 is 12.8 Å². The first-order valence-corrected chi connectivity index (χ1v) is 14.6. The zero-order chi connectivity index (χ0) is 30.7. The fourth-order valence-electron chi connectivity index (χ4n) is 5.49. The molecular formula is C33H38F3N3O4. The van der Waals surface area contributed by atoms with Crippen LogP contribution in [0.2, 0.25) is 0 Å². The third-order valence-electron chi connectivity index (χ3n) is 7.41. The van der Waals surface area contributed by atoms with E-state index in [-0.39, 0.29) is 48.5 Å². The summed E-state index contributed by atoms with van der Waals surface area (Å²) in [6.07, 6.45) is 2.29. The van der Waals surface area contributed by atoms with Gasteiger partial charge in [0.25, 0.3) is 0 Å². The number of rotatable bonds is 16. The van der Waals surface area contributed by atoms with Gasteiger partial charge in [-0.2, -0.15) is 18.4 Å². The predicted octanol–water partition coefficient (Wildman–Crippen LogP) is 5.74. The largest absolute Gasteiger partial charge is 0.488 e. The number of ether oxygens (including phenoxy) is 3. The molecule has 1 aliphatic heterocycles. The molecule has 3 atom stereocenters. The van der Waals surface area contributed by atoms with Gasteiger partial charge in [-0.25, -0.2) is 0 Å². The molecule has 2 aromatic rings. The highest BCUT2D eigenvalue weighted by atomic mass is 19.4. The first-order chi connectivity index (χ1) is 20.7. The zero-order valence-electron chi connectivity index (χ0n) is 24.3. The van der Waals surface area contributed by atoms with Gasteiger partial charge in [-0.1, -0.05) is 54.6 Å². The Labute approximate surface area is 250 Å². The highest BCUT2D eigenvalue weighted by molar-refractivity contribution is 5.96. The summed E-state index contributed by atoms with van der Waals surface area (Å²) < 4.78 is 53.7. The molecule has 2 aliphatic rings. The lowest BCUT2D eigenvalue weighted by atomic mass is 9.85. The smallest absolute Gasteiger partial charge is 0.422 e. The van der Waals surface area contributed by atoms with Crippen LogP contribution >= 0.6 is 0 Å². The van der Waals surface area contributed by atoms with Crippen molar-refractivity contribution in [2.75, 3.05) is 46.1 Å². The molecule has 1 saturated heterocycles. The molecule has 0 amide bonds. The van der Waals surface area contributed by atoms with Crippen LogP contribution in [0.5, 0.6) is 11.5 Å². The molecule has 1 N–H and O–H groups in total. The van der Waals surface area contributed by atoms with Crippen molar-refractivity contribution in [3.8, 4) is 17.6 Å². The Morgan fingerprint density at radius 2 is 1.81 bits per heavy atom. The number of hydrogen-bond donors (Lipinski definition) is 1. The van der Waals surface area contributed by atoms with Crippen LogP contribution in [0, 0.1) is 17.2 Å². The Bertz CT molecular complexity index is 1310. The second kappa shape index (κ2) is 15.7. The van der Waals surface area contributed by atoms with E-state index in [0.29, 0.717) is 18.7 Å². The number of carbonyl (C=O) groups is 1. The number of ketones is 1. The SMILES string of the molecule is C[C@H](CC1=CC(C#N)C2C(=C1)CCN2CCCOCC(=O)c1ccccc1)NCCOc1ccccc1OCC(F)(F)F. The van der Waals surface area contributed by atoms with Crippen LogP contribution < -0.4 is 14.8 Å². The minimum atomic E-state index is -4.42. The third kappa shape index (κ3) is 9.95. The molecule has 2 aromatic carbocycles. The lowest BCUT2D eigenvalue weighted by Gasteiger charge is -2.30. The first-order valence-electron chi connectivity index (χ1n) is 14.6. The van der Waals surface area contributed by atoms with Gasteiger partial charge in [-0.15, -0.1) is 0 Å². The summed E-state index contributed by atoms with van der Waals surface area (Å²) in [5, 5.41) is 13.3. The van der Waals surface area contributed by atoms with Crippen LogP contribution in [0.3, 0.4) is 0 Å². The Hall–Kier alpha value is -3.65. The van der Waals surface area contributed by atoms with Crippen LogP contribution in [-0.4, -0.2) is 75.0 Å². The summed E-state index contributed by atoms with van der Waals surface area (Å²) in [6, 6.07) is 18.1. The number of likely N-dealkylation sites (tertiary alicyclic amines) is 1. The lowest BCUT2D eigenvalue weighted by Crippen LogP contribution is -2.38. The van der Waals surface area contributed by atoms with Crippen molar-refractivity contribution < 1.29 is 32.2 Å². The summed E-state index contributed by atoms with van der Waals surface area (Å²) in [5.74, 6) is 0.0569. The maximum absolute atomic E-state index is 12.5. The molecule has 43 heavy (non-hydrogen) atoms. The number of nitrogens with one attached hydrogen (secondary N) is 1. The molecule has 0 saturated carbocycles. The topological polar surface area (TPSA) is 83.8 Å². The number of allylic oxidation sites excluding steroid dienone is 1. The fraction of sp³-hybridized carbons (Fsp3) is 0.455. The van der Waals surface area contributed by atoms with Gasteiger partial charge in [0.2, 0.25) is 0 Å². The number of nitrogens with zero attached hydrogens (tertiary/aromatic N) is 2. The van der Waals surface area contributed by atoms with E-state index in [2.05, 4.69) is 35.4 Å². The van der Waals surface area contributed by atoms with Crippen molar-refractivity contribution in [1.82, 2.24) is 10.2 Å². The summed E-state index contributed by atoms with van der Waals surface area (Å²) in [5.41, 5.74) is 3.04. The predicted molar refractivity (Wildman–Crippen MR) is 157 cm³/mol. The Morgan fingerprint density at radius 3 is 2.53 bits per heavy atom. The number of Topliss-reactive ketones (excluding diaryl/α,β-unsaturated/α-hetero) is 1. The number of carbonyl (C=O) groups excluding carboxylic acids is 1. The quantitative estimate of drug-likeness (QED) is 0.195. The van der Waals surface area contributed by atoms with Crippen molar-refractivity contribution in [3.63, 3.8) is 0 Å². The molecule has 10 heteroatoms. The van der Waals surface area contributed by atoms with Crippen molar-refractivity contribution >= 4 is 5.78 Å². The Kier molecular flexibility index (Phi) is 11.8. The van der Waals surface area contributed by atoms with Crippen LogP contribution in [0.1, 0.15) is 36.5 Å². The first kappa shape index (κ1) is 32.3. The Morgan fingerprint density at radius 1 is 1.09 bits per heavy atom. The average molecular weight is 598 g/mol. The average Bonchev–Trinajstić information content (AvgIpc) is 3.40. The third-order valence-corrected chi connectivity index (χ3v) is 7.41. The molecule has 0 aromatic heterocycles. The van der Waals surface area contributed by atoms with Crippen molar-refractivity contribution in [2.45, 2.75) is 44.4 Å². The molecule has 0 spiro atoms. The van der Waals surface area contributed by atoms with E-state index in [9.17, 15) is 23.2 Å². The number of fused-ring (bicyclic) bond motifs is 1. The van der Waals surface area contributed by atoms with E-state index in [4.69, 9.17) is 14.2 Å². The Balaban J connectivity index is 1.18. The highest BCUT2D eigenvalue weighted by Gasteiger charge is 2.36. The van der Waals surface area contributed by atoms with Gasteiger partial charge < -0.3 is 19.5 Å². The normalized spacial score (nSPS) is 19.1. The molecule has 230 valence electrons. The summed E-state index contributed by atoms with van der Waals surface area (Å²) in [7, 11) is 0. The van der Waals surface area contributed by atoms with Gasteiger partial charge in [0.1, 0.15) is 13.2 Å². The monoisotopic (exact) mass is 597 g/mol. The van der Waals surface area contributed by atoms with Gasteiger partial charge in [0, 0.05) is 37.8 Å². The van der Waals surface area contributed by atoms with Crippen LogP contribution in [0.4, 0.5) is 13.2 Å². The van der Waals surface area contributed by atoms with E-state index in [1.165, 1.54) is 11.6 Å². The van der Waals surface area contributed by atoms with Gasteiger partial charge in [-0.3, -0.25) is 9.69 Å². The number of alkyl halides is 3. The summed E-state index contributed by atoms with van der Waals surface area (Å²) >= 11 is 0. The number of nitriles is 1. The molecule has 0 radical (unpaired) electrons. The van der Waals surface area contributed by atoms with Crippen LogP contribution in [0.25, 0.3) is 0 Å². The molecule has 0 bridgehead atoms. The summed E-state index contributed by atoms with van der Waals surface area (Å²) in [6.45, 7) is 3.67. The minimum Gasteiger partial charge on any atom is -0.488 e. The summed E-state index contributed by atoms with van der Waals surface area (Å²) in [4.78, 5) is 14.5. The van der Waals surface area contributed by atoms with E-state index in [1.54, 1.807) is 30.3 Å². The van der Waals surface area contributed by atoms with Crippen molar-refractivity contribution in [3.05, 3.63) is 83.5 Å². The molecule has 7 nitrogen and oxygen atoms in total. The van der Waals surface area contributed by atoms with Crippen LogP contribution in [0.15, 0.2) is 77.9 Å². The van der Waals surface area contributed by atoms with Crippen molar-refractivity contribution in [2.24, 2.45) is 5.92 Å². The molecule has 4 rings (SSSR count). The zero-order valence-corrected chi connectivity index (χ0v) is 24.3. The van der Waals surface area contributed by atoms with E-state index >= 15 is 0 Å². The number of para-hydroxylation sites is 2. The van der Waals surface area contributed by atoms with Gasteiger partial charge >= 0.3 is 6.18 Å². The second-order valence-corrected chi connectivity index (χ2v) is 10.8. The van der Waals surface area contributed by atoms with Gasteiger partial charge in [0.05, 0.1) is 18.0 Å². The molecule has 2 unspecified atom stereocenters. The molecular weight excluding hydrogens is 559 g/mol. The molecule has 1 aliphatic carbocycles. The number of benzene rings is 2. The molecule has 1 fully saturated rings. The number of hydrogen-bond acceptors (Lipinski definition) is 7.